The molecule has 16 heavy (non-hydrogen) atoms. The standard InChI is InChI=1S/C11H10N2O3/c1-2-16-11(15)10-8(7-14)13-6-4-3-5-9(13)12-10/h3-7H,2H2,1H3. The Kier molecular flexibility index (Phi) is 2.68. The second kappa shape index (κ2) is 4.14. The van der Waals surface area contributed by atoms with Crippen molar-refractivity contribution in [3.05, 3.63) is 35.8 Å². The molecule has 2 aromatic rings. The number of nitrogens with zero attached hydrogens (tertiary/aromatic N) is 2. The quantitative estimate of drug-likeness (QED) is 0.576. The first-order valence-electron chi connectivity index (χ1n) is 4.87. The molecule has 0 aliphatic rings. The largest absolute Gasteiger partial charge is 0.461 e. The number of imidazole rings is 1. The van der Waals surface area contributed by atoms with Crippen molar-refractivity contribution in [2.75, 3.05) is 6.61 Å². The zero-order chi connectivity index (χ0) is 11.5. The molecule has 0 N–H and O–H groups in total. The fraction of sp³-hybridized carbons (Fsp3) is 0.182. The molecule has 2 rings (SSSR count). The third kappa shape index (κ3) is 1.56. The maximum absolute atomic E-state index is 11.5. The summed E-state index contributed by atoms with van der Waals surface area (Å²) in [5.41, 5.74) is 0.824. The van der Waals surface area contributed by atoms with Crippen LogP contribution in [0, 0.1) is 0 Å². The zero-order valence-corrected chi connectivity index (χ0v) is 8.71. The maximum atomic E-state index is 11.5. The van der Waals surface area contributed by atoms with Crippen LogP contribution < -0.4 is 0 Å². The van der Waals surface area contributed by atoms with Gasteiger partial charge in [-0.05, 0) is 19.1 Å². The van der Waals surface area contributed by atoms with E-state index in [0.29, 0.717) is 11.9 Å². The van der Waals surface area contributed by atoms with Crippen LogP contribution in [-0.2, 0) is 4.74 Å². The van der Waals surface area contributed by atoms with Gasteiger partial charge in [0.2, 0.25) is 0 Å². The molecule has 0 amide bonds. The first kappa shape index (κ1) is 10.4. The molecule has 5 heteroatoms. The van der Waals surface area contributed by atoms with Gasteiger partial charge in [0.1, 0.15) is 11.3 Å². The Morgan fingerprint density at radius 3 is 3.06 bits per heavy atom. The highest BCUT2D eigenvalue weighted by molar-refractivity contribution is 5.96. The number of pyridine rings is 1. The summed E-state index contributed by atoms with van der Waals surface area (Å²) in [6, 6.07) is 5.26. The van der Waals surface area contributed by atoms with Gasteiger partial charge in [-0.25, -0.2) is 9.78 Å². The van der Waals surface area contributed by atoms with Gasteiger partial charge in [-0.3, -0.25) is 9.20 Å². The Morgan fingerprint density at radius 2 is 2.38 bits per heavy atom. The van der Waals surface area contributed by atoms with Crippen molar-refractivity contribution in [1.29, 1.82) is 0 Å². The number of hydrogen-bond acceptors (Lipinski definition) is 4. The number of rotatable bonds is 3. The maximum Gasteiger partial charge on any atom is 0.359 e. The van der Waals surface area contributed by atoms with Crippen molar-refractivity contribution in [1.82, 2.24) is 9.38 Å². The van der Waals surface area contributed by atoms with Crippen LogP contribution in [0.2, 0.25) is 0 Å². The summed E-state index contributed by atoms with van der Waals surface area (Å²) in [4.78, 5) is 26.5. The van der Waals surface area contributed by atoms with Crippen molar-refractivity contribution in [3.8, 4) is 0 Å². The SMILES string of the molecule is CCOC(=O)c1nc2ccccn2c1C=O. The number of carbonyl (C=O) groups is 2. The van der Waals surface area contributed by atoms with Crippen LogP contribution in [0.15, 0.2) is 24.4 Å². The normalized spacial score (nSPS) is 10.3. The fourth-order valence-corrected chi connectivity index (χ4v) is 1.48. The summed E-state index contributed by atoms with van der Waals surface area (Å²) < 4.78 is 6.38. The van der Waals surface area contributed by atoms with Gasteiger partial charge >= 0.3 is 5.97 Å². The minimum absolute atomic E-state index is 0.0584. The lowest BCUT2D eigenvalue weighted by Crippen LogP contribution is -2.08. The van der Waals surface area contributed by atoms with Gasteiger partial charge in [-0.15, -0.1) is 0 Å². The summed E-state index contributed by atoms with van der Waals surface area (Å²) in [5.74, 6) is -0.576. The molecule has 0 radical (unpaired) electrons. The molecule has 0 bridgehead atoms. The minimum Gasteiger partial charge on any atom is -0.461 e. The number of carbonyl (C=O) groups excluding carboxylic acids is 2. The van der Waals surface area contributed by atoms with Crippen molar-refractivity contribution < 1.29 is 14.3 Å². The second-order valence-electron chi connectivity index (χ2n) is 3.11. The van der Waals surface area contributed by atoms with E-state index < -0.39 is 5.97 Å². The van der Waals surface area contributed by atoms with Gasteiger partial charge in [0, 0.05) is 6.20 Å². The topological polar surface area (TPSA) is 60.7 Å². The summed E-state index contributed by atoms with van der Waals surface area (Å²) in [6.07, 6.45) is 2.28. The van der Waals surface area contributed by atoms with Crippen LogP contribution in [0.5, 0.6) is 0 Å². The lowest BCUT2D eigenvalue weighted by atomic mass is 10.3. The van der Waals surface area contributed by atoms with Gasteiger partial charge in [0.05, 0.1) is 6.61 Å². The predicted molar refractivity (Wildman–Crippen MR) is 56.5 cm³/mol. The van der Waals surface area contributed by atoms with Crippen LogP contribution in [0.4, 0.5) is 0 Å². The van der Waals surface area contributed by atoms with Crippen LogP contribution in [-0.4, -0.2) is 28.2 Å². The third-order valence-corrected chi connectivity index (χ3v) is 2.15. The molecule has 0 atom stereocenters. The molecule has 82 valence electrons. The molecule has 5 nitrogen and oxygen atoms in total. The Hall–Kier alpha value is -2.17. The van der Waals surface area contributed by atoms with E-state index in [1.165, 1.54) is 0 Å². The van der Waals surface area contributed by atoms with E-state index in [-0.39, 0.29) is 18.0 Å². The first-order valence-corrected chi connectivity index (χ1v) is 4.87. The van der Waals surface area contributed by atoms with Crippen molar-refractivity contribution in [2.45, 2.75) is 6.92 Å². The molecule has 0 spiro atoms. The average molecular weight is 218 g/mol. The van der Waals surface area contributed by atoms with Gasteiger partial charge < -0.3 is 4.74 Å². The van der Waals surface area contributed by atoms with E-state index in [1.807, 2.05) is 0 Å². The first-order chi connectivity index (χ1) is 7.77. The molecule has 0 saturated heterocycles. The zero-order valence-electron chi connectivity index (χ0n) is 8.71. The highest BCUT2D eigenvalue weighted by Gasteiger charge is 2.18. The average Bonchev–Trinajstić information content (AvgIpc) is 2.67. The summed E-state index contributed by atoms with van der Waals surface area (Å²) >= 11 is 0. The summed E-state index contributed by atoms with van der Waals surface area (Å²) in [7, 11) is 0. The molecule has 0 aliphatic carbocycles. The monoisotopic (exact) mass is 218 g/mol. The van der Waals surface area contributed by atoms with Crippen LogP contribution >= 0.6 is 0 Å². The van der Waals surface area contributed by atoms with Gasteiger partial charge in [0.25, 0.3) is 0 Å². The van der Waals surface area contributed by atoms with Crippen LogP contribution in [0.1, 0.15) is 27.9 Å². The molecule has 0 fully saturated rings. The molecular formula is C11H10N2O3. The lowest BCUT2D eigenvalue weighted by Gasteiger charge is -1.98. The molecule has 2 aromatic heterocycles. The van der Waals surface area contributed by atoms with Crippen LogP contribution in [0.3, 0.4) is 0 Å². The van der Waals surface area contributed by atoms with Gasteiger partial charge in [-0.1, -0.05) is 6.07 Å². The van der Waals surface area contributed by atoms with Crippen molar-refractivity contribution in [2.24, 2.45) is 0 Å². The number of hydrogen-bond donors (Lipinski definition) is 0. The Bertz CT molecular complexity index is 545. The van der Waals surface area contributed by atoms with E-state index in [4.69, 9.17) is 4.74 Å². The minimum atomic E-state index is -0.576. The molecule has 0 aliphatic heterocycles. The fourth-order valence-electron chi connectivity index (χ4n) is 1.48. The number of ether oxygens (including phenoxy) is 1. The Morgan fingerprint density at radius 1 is 1.56 bits per heavy atom. The summed E-state index contributed by atoms with van der Waals surface area (Å²) in [6.45, 7) is 1.96. The molecular weight excluding hydrogens is 208 g/mol. The number of esters is 1. The smallest absolute Gasteiger partial charge is 0.359 e. The highest BCUT2D eigenvalue weighted by atomic mass is 16.5. The number of aromatic nitrogens is 2. The van der Waals surface area contributed by atoms with Crippen molar-refractivity contribution >= 4 is 17.9 Å². The Labute approximate surface area is 91.7 Å². The second-order valence-corrected chi connectivity index (χ2v) is 3.11. The number of aldehydes is 1. The van der Waals surface area contributed by atoms with E-state index in [2.05, 4.69) is 4.98 Å². The van der Waals surface area contributed by atoms with E-state index in [1.54, 1.807) is 35.7 Å². The van der Waals surface area contributed by atoms with Gasteiger partial charge in [-0.2, -0.15) is 0 Å². The molecule has 0 aromatic carbocycles. The van der Waals surface area contributed by atoms with Crippen LogP contribution in [0.25, 0.3) is 5.65 Å². The van der Waals surface area contributed by atoms with E-state index in [0.717, 1.165) is 0 Å². The van der Waals surface area contributed by atoms with Gasteiger partial charge in [0.15, 0.2) is 12.0 Å². The Balaban J connectivity index is 2.60. The predicted octanol–water partition coefficient (Wildman–Crippen LogP) is 1.32. The lowest BCUT2D eigenvalue weighted by molar-refractivity contribution is 0.0518. The molecule has 2 heterocycles. The van der Waals surface area contributed by atoms with E-state index >= 15 is 0 Å². The third-order valence-electron chi connectivity index (χ3n) is 2.15. The summed E-state index contributed by atoms with van der Waals surface area (Å²) in [5, 5.41) is 0. The highest BCUT2D eigenvalue weighted by Crippen LogP contribution is 2.11. The molecule has 0 unspecified atom stereocenters. The molecule has 0 saturated carbocycles. The number of fused-ring (bicyclic) bond motifs is 1. The van der Waals surface area contributed by atoms with E-state index in [9.17, 15) is 9.59 Å². The van der Waals surface area contributed by atoms with Crippen molar-refractivity contribution in [3.63, 3.8) is 0 Å².